The fourth-order valence-corrected chi connectivity index (χ4v) is 3.65. The van der Waals surface area contributed by atoms with Crippen molar-refractivity contribution >= 4 is 23.4 Å². The number of methoxy groups -OCH3 is 1. The number of benzene rings is 2. The molecule has 2 aromatic carbocycles. The molecule has 7 nitrogen and oxygen atoms in total. The summed E-state index contributed by atoms with van der Waals surface area (Å²) in [5, 5.41) is 12.0. The van der Waals surface area contributed by atoms with Crippen molar-refractivity contribution in [1.29, 1.82) is 0 Å². The van der Waals surface area contributed by atoms with Gasteiger partial charge in [0.15, 0.2) is 17.1 Å². The molecular weight excluding hydrogens is 400 g/mol. The first-order chi connectivity index (χ1) is 14.5. The highest BCUT2D eigenvalue weighted by molar-refractivity contribution is 7.99. The maximum absolute atomic E-state index is 12.3. The lowest BCUT2D eigenvalue weighted by Gasteiger charge is -2.14. The first-order valence-electron chi connectivity index (χ1n) is 9.72. The van der Waals surface area contributed by atoms with Gasteiger partial charge in [0.2, 0.25) is 5.91 Å². The van der Waals surface area contributed by atoms with Crippen LogP contribution < -0.4 is 14.8 Å². The Hall–Kier alpha value is -3.00. The van der Waals surface area contributed by atoms with E-state index in [-0.39, 0.29) is 17.8 Å². The molecule has 158 valence electrons. The van der Waals surface area contributed by atoms with E-state index in [2.05, 4.69) is 34.6 Å². The lowest BCUT2D eigenvalue weighted by Crippen LogP contribution is -2.15. The van der Waals surface area contributed by atoms with Crippen LogP contribution in [0.1, 0.15) is 31.3 Å². The van der Waals surface area contributed by atoms with E-state index in [1.165, 1.54) is 17.3 Å². The molecule has 30 heavy (non-hydrogen) atoms. The Morgan fingerprint density at radius 3 is 2.60 bits per heavy atom. The number of aromatic nitrogens is 3. The number of para-hydroxylation sites is 2. The second-order valence-corrected chi connectivity index (χ2v) is 7.64. The lowest BCUT2D eigenvalue weighted by molar-refractivity contribution is -0.113. The van der Waals surface area contributed by atoms with E-state index >= 15 is 0 Å². The zero-order chi connectivity index (χ0) is 21.5. The molecule has 1 aromatic heterocycles. The number of thioether (sulfide) groups is 1. The Bertz CT molecular complexity index is 988. The largest absolute Gasteiger partial charge is 0.495 e. The van der Waals surface area contributed by atoms with Gasteiger partial charge < -0.3 is 19.4 Å². The average molecular weight is 427 g/mol. The van der Waals surface area contributed by atoms with Crippen LogP contribution in [0.3, 0.4) is 0 Å². The zero-order valence-corrected chi connectivity index (χ0v) is 18.4. The molecule has 0 fully saturated rings. The molecule has 0 aliphatic carbocycles. The molecule has 0 saturated carbocycles. The zero-order valence-electron chi connectivity index (χ0n) is 17.6. The van der Waals surface area contributed by atoms with Crippen molar-refractivity contribution in [2.45, 2.75) is 31.5 Å². The predicted octanol–water partition coefficient (Wildman–Crippen LogP) is 4.26. The van der Waals surface area contributed by atoms with Crippen LogP contribution in [0.5, 0.6) is 11.5 Å². The Balaban J connectivity index is 1.58. The van der Waals surface area contributed by atoms with E-state index in [1.807, 2.05) is 42.8 Å². The third kappa shape index (κ3) is 5.33. The number of carbonyl (C=O) groups excluding carboxylic acids is 1. The van der Waals surface area contributed by atoms with E-state index in [1.54, 1.807) is 19.2 Å². The fraction of sp³-hybridized carbons (Fsp3) is 0.318. The van der Waals surface area contributed by atoms with Gasteiger partial charge in [-0.25, -0.2) is 0 Å². The molecule has 1 atom stereocenters. The van der Waals surface area contributed by atoms with E-state index in [0.717, 1.165) is 12.2 Å². The molecule has 1 amide bonds. The number of rotatable bonds is 9. The van der Waals surface area contributed by atoms with Gasteiger partial charge in [0, 0.05) is 7.05 Å². The van der Waals surface area contributed by atoms with Gasteiger partial charge >= 0.3 is 0 Å². The normalized spacial score (nSPS) is 11.7. The molecule has 1 unspecified atom stereocenters. The number of anilines is 1. The van der Waals surface area contributed by atoms with Crippen LogP contribution in [-0.2, 0) is 18.3 Å². The number of aryl methyl sites for hydroxylation is 1. The molecule has 0 radical (unpaired) electrons. The molecule has 0 aliphatic heterocycles. The first kappa shape index (κ1) is 21.7. The second-order valence-electron chi connectivity index (χ2n) is 6.69. The minimum absolute atomic E-state index is 0.144. The Morgan fingerprint density at radius 1 is 1.17 bits per heavy atom. The van der Waals surface area contributed by atoms with Crippen molar-refractivity contribution < 1.29 is 14.3 Å². The fourth-order valence-electron chi connectivity index (χ4n) is 2.93. The van der Waals surface area contributed by atoms with Crippen LogP contribution in [0.25, 0.3) is 0 Å². The Morgan fingerprint density at radius 2 is 1.90 bits per heavy atom. The summed E-state index contributed by atoms with van der Waals surface area (Å²) in [5.41, 5.74) is 1.90. The van der Waals surface area contributed by atoms with Crippen LogP contribution in [0.4, 0.5) is 5.69 Å². The Labute approximate surface area is 180 Å². The number of hydrogen-bond donors (Lipinski definition) is 1. The van der Waals surface area contributed by atoms with Crippen LogP contribution in [0.2, 0.25) is 0 Å². The standard InChI is InChI=1S/C22H26N4O3S/c1-5-16-10-12-17(13-11-16)29-15(2)21-24-25-22(26(21)3)30-14-20(27)23-18-8-6-7-9-19(18)28-4/h6-13,15H,5,14H2,1-4H3,(H,23,27). The maximum atomic E-state index is 12.3. The smallest absolute Gasteiger partial charge is 0.234 e. The van der Waals surface area contributed by atoms with Crippen LogP contribution in [0, 0.1) is 0 Å². The third-order valence-electron chi connectivity index (χ3n) is 4.59. The number of nitrogens with one attached hydrogen (secondary N) is 1. The van der Waals surface area contributed by atoms with E-state index < -0.39 is 0 Å². The van der Waals surface area contributed by atoms with Crippen molar-refractivity contribution in [3.8, 4) is 11.5 Å². The van der Waals surface area contributed by atoms with E-state index in [0.29, 0.717) is 22.4 Å². The highest BCUT2D eigenvalue weighted by atomic mass is 32.2. The predicted molar refractivity (Wildman–Crippen MR) is 118 cm³/mol. The summed E-state index contributed by atoms with van der Waals surface area (Å²) in [7, 11) is 3.44. The summed E-state index contributed by atoms with van der Waals surface area (Å²) in [6, 6.07) is 15.3. The van der Waals surface area contributed by atoms with Gasteiger partial charge in [-0.2, -0.15) is 0 Å². The minimum Gasteiger partial charge on any atom is -0.495 e. The molecular formula is C22H26N4O3S. The topological polar surface area (TPSA) is 78.3 Å². The highest BCUT2D eigenvalue weighted by Gasteiger charge is 2.18. The van der Waals surface area contributed by atoms with Crippen molar-refractivity contribution in [3.63, 3.8) is 0 Å². The molecule has 8 heteroatoms. The summed E-state index contributed by atoms with van der Waals surface area (Å²) in [4.78, 5) is 12.3. The van der Waals surface area contributed by atoms with Gasteiger partial charge in [-0.1, -0.05) is 43.0 Å². The lowest BCUT2D eigenvalue weighted by atomic mass is 10.2. The van der Waals surface area contributed by atoms with Crippen LogP contribution in [-0.4, -0.2) is 33.5 Å². The number of carbonyl (C=O) groups is 1. The SMILES string of the molecule is CCc1ccc(OC(C)c2nnc(SCC(=O)Nc3ccccc3OC)n2C)cc1. The quantitative estimate of drug-likeness (QED) is 0.515. The van der Waals surface area contributed by atoms with Crippen molar-refractivity contribution in [2.24, 2.45) is 7.05 Å². The maximum Gasteiger partial charge on any atom is 0.234 e. The molecule has 0 spiro atoms. The molecule has 0 bridgehead atoms. The van der Waals surface area contributed by atoms with Crippen molar-refractivity contribution in [3.05, 3.63) is 59.9 Å². The number of nitrogens with zero attached hydrogens (tertiary/aromatic N) is 3. The highest BCUT2D eigenvalue weighted by Crippen LogP contribution is 2.26. The molecule has 3 aromatic rings. The van der Waals surface area contributed by atoms with Crippen molar-refractivity contribution in [1.82, 2.24) is 14.8 Å². The Kier molecular flexibility index (Phi) is 7.35. The van der Waals surface area contributed by atoms with E-state index in [9.17, 15) is 4.79 Å². The van der Waals surface area contributed by atoms with Crippen molar-refractivity contribution in [2.75, 3.05) is 18.2 Å². The van der Waals surface area contributed by atoms with E-state index in [4.69, 9.17) is 9.47 Å². The average Bonchev–Trinajstić information content (AvgIpc) is 3.13. The molecule has 0 saturated heterocycles. The molecule has 3 rings (SSSR count). The third-order valence-corrected chi connectivity index (χ3v) is 5.61. The van der Waals surface area contributed by atoms with Crippen LogP contribution in [0.15, 0.2) is 53.7 Å². The monoisotopic (exact) mass is 426 g/mol. The number of hydrogen-bond acceptors (Lipinski definition) is 6. The van der Waals surface area contributed by atoms with Gasteiger partial charge in [0.05, 0.1) is 18.6 Å². The summed E-state index contributed by atoms with van der Waals surface area (Å²) in [5.74, 6) is 2.16. The van der Waals surface area contributed by atoms with Gasteiger partial charge in [0.25, 0.3) is 0 Å². The molecule has 0 aliphatic rings. The van der Waals surface area contributed by atoms with Gasteiger partial charge in [-0.05, 0) is 43.2 Å². The number of amides is 1. The molecule has 1 N–H and O–H groups in total. The van der Waals surface area contributed by atoms with Gasteiger partial charge in [-0.3, -0.25) is 4.79 Å². The summed E-state index contributed by atoms with van der Waals surface area (Å²) < 4.78 is 13.1. The minimum atomic E-state index is -0.272. The second kappa shape index (κ2) is 10.2. The first-order valence-corrected chi connectivity index (χ1v) is 10.7. The number of ether oxygens (including phenoxy) is 2. The summed E-state index contributed by atoms with van der Waals surface area (Å²) in [6.45, 7) is 4.05. The van der Waals surface area contributed by atoms with Gasteiger partial charge in [-0.15, -0.1) is 10.2 Å². The van der Waals surface area contributed by atoms with Gasteiger partial charge in [0.1, 0.15) is 11.5 Å². The van der Waals surface area contributed by atoms with Crippen LogP contribution >= 0.6 is 11.8 Å². The summed E-state index contributed by atoms with van der Waals surface area (Å²) in [6.07, 6.45) is 0.719. The molecule has 1 heterocycles. The summed E-state index contributed by atoms with van der Waals surface area (Å²) >= 11 is 1.32.